The maximum Gasteiger partial charge on any atom is 0.149 e. The van der Waals surface area contributed by atoms with Crippen molar-refractivity contribution >= 4 is 0 Å². The van der Waals surface area contributed by atoms with Gasteiger partial charge in [-0.05, 0) is 44.7 Å². The van der Waals surface area contributed by atoms with Gasteiger partial charge in [-0.3, -0.25) is 0 Å². The van der Waals surface area contributed by atoms with Crippen molar-refractivity contribution < 1.29 is 0 Å². The summed E-state index contributed by atoms with van der Waals surface area (Å²) >= 11 is 0. The van der Waals surface area contributed by atoms with Crippen LogP contribution in [0.3, 0.4) is 0 Å². The standard InChI is InChI=1S/C17H17N3/c1-12-4-5-14(13(2)10-12)15-6-9-19-16(20-15)17(11-18)7-3-8-17/h4-6,9-10H,3,7-8H2,1-2H3. The smallest absolute Gasteiger partial charge is 0.149 e. The molecule has 0 atom stereocenters. The summed E-state index contributed by atoms with van der Waals surface area (Å²) in [7, 11) is 0. The van der Waals surface area contributed by atoms with E-state index < -0.39 is 5.41 Å². The number of nitriles is 1. The van der Waals surface area contributed by atoms with E-state index in [9.17, 15) is 5.26 Å². The molecule has 0 amide bonds. The molecule has 0 unspecified atom stereocenters. The van der Waals surface area contributed by atoms with E-state index in [0.717, 1.165) is 30.5 Å². The van der Waals surface area contributed by atoms with Crippen LogP contribution < -0.4 is 0 Å². The lowest BCUT2D eigenvalue weighted by Gasteiger charge is -2.33. The first-order valence-corrected chi connectivity index (χ1v) is 6.97. The normalized spacial score (nSPS) is 16.2. The molecule has 1 aromatic heterocycles. The number of hydrogen-bond donors (Lipinski definition) is 0. The van der Waals surface area contributed by atoms with E-state index in [0.29, 0.717) is 5.82 Å². The summed E-state index contributed by atoms with van der Waals surface area (Å²) in [5.41, 5.74) is 4.03. The highest BCUT2D eigenvalue weighted by atomic mass is 14.9. The molecule has 0 aliphatic heterocycles. The zero-order chi connectivity index (χ0) is 14.2. The molecule has 3 heteroatoms. The molecule has 1 aromatic carbocycles. The molecule has 0 spiro atoms. The van der Waals surface area contributed by atoms with Gasteiger partial charge in [0.25, 0.3) is 0 Å². The van der Waals surface area contributed by atoms with Crippen molar-refractivity contribution in [2.24, 2.45) is 0 Å². The Kier molecular flexibility index (Phi) is 3.02. The second-order valence-electron chi connectivity index (χ2n) is 5.63. The molecule has 3 rings (SSSR count). The molecule has 0 bridgehead atoms. The number of aryl methyl sites for hydroxylation is 2. The van der Waals surface area contributed by atoms with Crippen molar-refractivity contribution in [1.82, 2.24) is 9.97 Å². The Bertz CT molecular complexity index is 694. The van der Waals surface area contributed by atoms with Crippen LogP contribution in [-0.4, -0.2) is 9.97 Å². The molecule has 1 aliphatic carbocycles. The zero-order valence-corrected chi connectivity index (χ0v) is 11.8. The minimum Gasteiger partial charge on any atom is -0.240 e. The van der Waals surface area contributed by atoms with Crippen LogP contribution >= 0.6 is 0 Å². The summed E-state index contributed by atoms with van der Waals surface area (Å²) in [6.45, 7) is 4.18. The minimum absolute atomic E-state index is 0.450. The molecular weight excluding hydrogens is 246 g/mol. The average molecular weight is 263 g/mol. The Labute approximate surface area is 119 Å². The Morgan fingerprint density at radius 2 is 2.00 bits per heavy atom. The highest BCUT2D eigenvalue weighted by molar-refractivity contribution is 5.63. The van der Waals surface area contributed by atoms with Gasteiger partial charge in [-0.25, -0.2) is 9.97 Å². The highest BCUT2D eigenvalue weighted by Crippen LogP contribution is 2.41. The third-order valence-electron chi connectivity index (χ3n) is 4.16. The second-order valence-corrected chi connectivity index (χ2v) is 5.63. The van der Waals surface area contributed by atoms with Gasteiger partial charge in [0.05, 0.1) is 11.8 Å². The molecule has 0 saturated heterocycles. The largest absolute Gasteiger partial charge is 0.240 e. The van der Waals surface area contributed by atoms with E-state index in [4.69, 9.17) is 0 Å². The van der Waals surface area contributed by atoms with E-state index in [1.165, 1.54) is 11.1 Å². The summed E-state index contributed by atoms with van der Waals surface area (Å²) in [6, 6.07) is 10.7. The van der Waals surface area contributed by atoms with Crippen LogP contribution in [0.25, 0.3) is 11.3 Å². The lowest BCUT2D eigenvalue weighted by molar-refractivity contribution is 0.307. The number of nitrogens with zero attached hydrogens (tertiary/aromatic N) is 3. The molecule has 0 N–H and O–H groups in total. The van der Waals surface area contributed by atoms with E-state index >= 15 is 0 Å². The predicted molar refractivity (Wildman–Crippen MR) is 78.1 cm³/mol. The monoisotopic (exact) mass is 263 g/mol. The van der Waals surface area contributed by atoms with E-state index in [2.05, 4.69) is 48.1 Å². The van der Waals surface area contributed by atoms with Crippen molar-refractivity contribution in [3.05, 3.63) is 47.4 Å². The maximum absolute atomic E-state index is 9.41. The Balaban J connectivity index is 2.06. The van der Waals surface area contributed by atoms with Crippen molar-refractivity contribution in [2.75, 3.05) is 0 Å². The van der Waals surface area contributed by atoms with Gasteiger partial charge >= 0.3 is 0 Å². The van der Waals surface area contributed by atoms with E-state index in [-0.39, 0.29) is 0 Å². The zero-order valence-electron chi connectivity index (χ0n) is 11.8. The number of rotatable bonds is 2. The summed E-state index contributed by atoms with van der Waals surface area (Å²) in [5, 5.41) is 9.41. The lowest BCUT2D eigenvalue weighted by atomic mass is 9.69. The SMILES string of the molecule is Cc1ccc(-c2ccnc(C3(C#N)CCC3)n2)c(C)c1. The van der Waals surface area contributed by atoms with Gasteiger partial charge in [0, 0.05) is 11.8 Å². The highest BCUT2D eigenvalue weighted by Gasteiger charge is 2.41. The summed E-state index contributed by atoms with van der Waals surface area (Å²) in [6.07, 6.45) is 4.61. The molecule has 100 valence electrons. The van der Waals surface area contributed by atoms with Gasteiger partial charge in [0.1, 0.15) is 11.2 Å². The fourth-order valence-corrected chi connectivity index (χ4v) is 2.76. The fourth-order valence-electron chi connectivity index (χ4n) is 2.76. The Hall–Kier alpha value is -2.21. The second kappa shape index (κ2) is 4.72. The van der Waals surface area contributed by atoms with Crippen molar-refractivity contribution in [1.29, 1.82) is 5.26 Å². The number of aromatic nitrogens is 2. The van der Waals surface area contributed by atoms with Crippen LogP contribution in [0.1, 0.15) is 36.2 Å². The number of hydrogen-bond acceptors (Lipinski definition) is 3. The van der Waals surface area contributed by atoms with Crippen LogP contribution in [0, 0.1) is 25.2 Å². The van der Waals surface area contributed by atoms with Gasteiger partial charge in [-0.1, -0.05) is 23.8 Å². The van der Waals surface area contributed by atoms with Crippen molar-refractivity contribution in [2.45, 2.75) is 38.5 Å². The molecule has 1 fully saturated rings. The quantitative estimate of drug-likeness (QED) is 0.830. The molecule has 2 aromatic rings. The van der Waals surface area contributed by atoms with Crippen molar-refractivity contribution in [3.8, 4) is 17.3 Å². The third-order valence-corrected chi connectivity index (χ3v) is 4.16. The summed E-state index contributed by atoms with van der Waals surface area (Å²) < 4.78 is 0. The van der Waals surface area contributed by atoms with E-state index in [1.807, 2.05) is 6.07 Å². The van der Waals surface area contributed by atoms with Crippen LogP contribution in [0.2, 0.25) is 0 Å². The molecule has 3 nitrogen and oxygen atoms in total. The van der Waals surface area contributed by atoms with Gasteiger partial charge in [0.15, 0.2) is 0 Å². The van der Waals surface area contributed by atoms with E-state index in [1.54, 1.807) is 6.20 Å². The Morgan fingerprint density at radius 3 is 2.60 bits per heavy atom. The first-order valence-electron chi connectivity index (χ1n) is 6.97. The van der Waals surface area contributed by atoms with Crippen LogP contribution in [0.15, 0.2) is 30.5 Å². The van der Waals surface area contributed by atoms with Gasteiger partial charge in [0.2, 0.25) is 0 Å². The molecule has 1 saturated carbocycles. The molecule has 20 heavy (non-hydrogen) atoms. The first-order chi connectivity index (χ1) is 9.64. The predicted octanol–water partition coefficient (Wildman–Crippen LogP) is 3.71. The first kappa shape index (κ1) is 12.8. The molecule has 1 aliphatic rings. The minimum atomic E-state index is -0.450. The molecule has 1 heterocycles. The lowest BCUT2D eigenvalue weighted by Crippen LogP contribution is -2.34. The van der Waals surface area contributed by atoms with Gasteiger partial charge in [-0.2, -0.15) is 5.26 Å². The molecule has 0 radical (unpaired) electrons. The Morgan fingerprint density at radius 1 is 1.20 bits per heavy atom. The van der Waals surface area contributed by atoms with Crippen molar-refractivity contribution in [3.63, 3.8) is 0 Å². The molecular formula is C17H17N3. The van der Waals surface area contributed by atoms with Crippen LogP contribution in [0.5, 0.6) is 0 Å². The number of benzene rings is 1. The summed E-state index contributed by atoms with van der Waals surface area (Å²) in [4.78, 5) is 9.01. The maximum atomic E-state index is 9.41. The average Bonchev–Trinajstić information content (AvgIpc) is 2.38. The van der Waals surface area contributed by atoms with Gasteiger partial charge in [-0.15, -0.1) is 0 Å². The topological polar surface area (TPSA) is 49.6 Å². The third kappa shape index (κ3) is 1.98. The van der Waals surface area contributed by atoms with Gasteiger partial charge < -0.3 is 0 Å². The summed E-state index contributed by atoms with van der Waals surface area (Å²) in [5.74, 6) is 0.684. The fraction of sp³-hybridized carbons (Fsp3) is 0.353. The van der Waals surface area contributed by atoms with Crippen LogP contribution in [0.4, 0.5) is 0 Å². The van der Waals surface area contributed by atoms with Crippen LogP contribution in [-0.2, 0) is 5.41 Å².